The molecule has 158 valence electrons. The van der Waals surface area contributed by atoms with E-state index in [1.807, 2.05) is 0 Å². The fraction of sp³-hybridized carbons (Fsp3) is 0.368. The van der Waals surface area contributed by atoms with Crippen LogP contribution in [0.25, 0.3) is 0 Å². The Morgan fingerprint density at radius 1 is 0.897 bits per heavy atom. The second-order valence-corrected chi connectivity index (χ2v) is 10.9. The monoisotopic (exact) mass is 447 g/mol. The average molecular weight is 448 g/mol. The second kappa shape index (κ2) is 8.08. The summed E-state index contributed by atoms with van der Waals surface area (Å²) in [6, 6.07) is 9.13. The van der Waals surface area contributed by atoms with Crippen molar-refractivity contribution in [2.24, 2.45) is 5.92 Å². The highest BCUT2D eigenvalue weighted by molar-refractivity contribution is 7.92. The van der Waals surface area contributed by atoms with Crippen molar-refractivity contribution in [3.63, 3.8) is 0 Å². The van der Waals surface area contributed by atoms with Crippen LogP contribution in [0.5, 0.6) is 0 Å². The number of nitrogens with one attached hydrogen (secondary N) is 1. The summed E-state index contributed by atoms with van der Waals surface area (Å²) < 4.78 is 91.7. The van der Waals surface area contributed by atoms with Crippen LogP contribution in [-0.4, -0.2) is 35.7 Å². The molecule has 0 bridgehead atoms. The maximum Gasteiger partial charge on any atom is 0.417 e. The number of hydrogen-bond acceptors (Lipinski definition) is 5. The molecule has 5 nitrogen and oxygen atoms in total. The van der Waals surface area contributed by atoms with Crippen molar-refractivity contribution in [3.8, 4) is 0 Å². The minimum atomic E-state index is -4.93. The normalized spacial score (nSPS) is 16.7. The molecule has 1 aliphatic heterocycles. The molecule has 1 N–H and O–H groups in total. The molecule has 1 fully saturated rings. The summed E-state index contributed by atoms with van der Waals surface area (Å²) in [4.78, 5) is -1.59. The van der Waals surface area contributed by atoms with Crippen molar-refractivity contribution in [1.29, 1.82) is 0 Å². The second-order valence-electron chi connectivity index (χ2n) is 6.95. The van der Waals surface area contributed by atoms with E-state index >= 15 is 0 Å². The molecule has 29 heavy (non-hydrogen) atoms. The van der Waals surface area contributed by atoms with E-state index in [0.717, 1.165) is 6.07 Å². The van der Waals surface area contributed by atoms with Gasteiger partial charge < -0.3 is 5.32 Å². The summed E-state index contributed by atoms with van der Waals surface area (Å²) in [5.41, 5.74) is -1.35. The van der Waals surface area contributed by atoms with Crippen molar-refractivity contribution in [2.45, 2.75) is 33.7 Å². The number of halogens is 3. The molecule has 10 heteroatoms. The van der Waals surface area contributed by atoms with Crippen molar-refractivity contribution < 1.29 is 30.0 Å². The van der Waals surface area contributed by atoms with Gasteiger partial charge in [0.15, 0.2) is 9.84 Å². The molecule has 2 aromatic carbocycles. The van der Waals surface area contributed by atoms with Crippen LogP contribution < -0.4 is 5.32 Å². The van der Waals surface area contributed by atoms with Crippen LogP contribution in [0.4, 0.5) is 13.2 Å². The summed E-state index contributed by atoms with van der Waals surface area (Å²) in [5.74, 6) is -0.733. The average Bonchev–Trinajstić information content (AvgIpc) is 2.68. The van der Waals surface area contributed by atoms with Crippen LogP contribution >= 0.6 is 0 Å². The molecule has 2 aromatic rings. The third kappa shape index (κ3) is 4.81. The maximum absolute atomic E-state index is 13.5. The molecule has 0 aliphatic carbocycles. The van der Waals surface area contributed by atoms with Gasteiger partial charge in [0.2, 0.25) is 9.84 Å². The first-order valence-electron chi connectivity index (χ1n) is 8.97. The molecule has 0 radical (unpaired) electrons. The van der Waals surface area contributed by atoms with E-state index in [2.05, 4.69) is 5.32 Å². The Balaban J connectivity index is 2.10. The van der Waals surface area contributed by atoms with Gasteiger partial charge in [-0.3, -0.25) is 0 Å². The van der Waals surface area contributed by atoms with Gasteiger partial charge in [-0.1, -0.05) is 18.2 Å². The van der Waals surface area contributed by atoms with Gasteiger partial charge in [0, 0.05) is 0 Å². The quantitative estimate of drug-likeness (QED) is 0.761. The molecule has 0 aromatic heterocycles. The van der Waals surface area contributed by atoms with Crippen LogP contribution in [0.2, 0.25) is 0 Å². The predicted octanol–water partition coefficient (Wildman–Crippen LogP) is 3.31. The standard InChI is InChI=1S/C19H20F3NO4S2/c20-19(21,22)17-7-6-16(29(26,27)15-4-2-1-3-5-15)12-18(17)28(24,25)13-14-8-10-23-11-9-14/h1-7,12,14,23H,8-11,13H2. The molecule has 0 saturated carbocycles. The zero-order chi connectivity index (χ0) is 21.3. The fourth-order valence-electron chi connectivity index (χ4n) is 3.35. The van der Waals surface area contributed by atoms with Gasteiger partial charge in [-0.15, -0.1) is 0 Å². The number of sulfone groups is 2. The zero-order valence-corrected chi connectivity index (χ0v) is 16.9. The lowest BCUT2D eigenvalue weighted by molar-refractivity contribution is -0.139. The zero-order valence-electron chi connectivity index (χ0n) is 15.3. The third-order valence-electron chi connectivity index (χ3n) is 4.87. The van der Waals surface area contributed by atoms with E-state index in [0.29, 0.717) is 38.1 Å². The van der Waals surface area contributed by atoms with Gasteiger partial charge in [-0.2, -0.15) is 13.2 Å². The van der Waals surface area contributed by atoms with Crippen molar-refractivity contribution in [2.75, 3.05) is 18.8 Å². The van der Waals surface area contributed by atoms with Crippen LogP contribution in [0.1, 0.15) is 18.4 Å². The van der Waals surface area contributed by atoms with E-state index in [9.17, 15) is 30.0 Å². The van der Waals surface area contributed by atoms with Gasteiger partial charge in [0.1, 0.15) is 0 Å². The first kappa shape index (κ1) is 21.8. The lowest BCUT2D eigenvalue weighted by Crippen LogP contribution is -2.31. The predicted molar refractivity (Wildman–Crippen MR) is 101 cm³/mol. The van der Waals surface area contributed by atoms with Gasteiger partial charge in [0.05, 0.1) is 26.0 Å². The number of rotatable bonds is 5. The first-order valence-corrected chi connectivity index (χ1v) is 12.1. The highest BCUT2D eigenvalue weighted by atomic mass is 32.2. The van der Waals surface area contributed by atoms with E-state index in [4.69, 9.17) is 0 Å². The molecule has 1 heterocycles. The molecule has 0 spiro atoms. The minimum absolute atomic E-state index is 0.124. The lowest BCUT2D eigenvalue weighted by Gasteiger charge is -2.23. The Bertz CT molecular complexity index is 1080. The van der Waals surface area contributed by atoms with E-state index < -0.39 is 47.0 Å². The van der Waals surface area contributed by atoms with Crippen LogP contribution in [-0.2, 0) is 25.9 Å². The highest BCUT2D eigenvalue weighted by Crippen LogP contribution is 2.37. The van der Waals surface area contributed by atoms with Crippen molar-refractivity contribution in [3.05, 3.63) is 54.1 Å². The number of hydrogen-bond donors (Lipinski definition) is 1. The van der Waals surface area contributed by atoms with Crippen LogP contribution in [0, 0.1) is 5.92 Å². The lowest BCUT2D eigenvalue weighted by atomic mass is 10.0. The van der Waals surface area contributed by atoms with E-state index in [1.54, 1.807) is 6.07 Å². The Morgan fingerprint density at radius 2 is 1.52 bits per heavy atom. The van der Waals surface area contributed by atoms with Crippen molar-refractivity contribution >= 4 is 19.7 Å². The minimum Gasteiger partial charge on any atom is -0.317 e. The smallest absolute Gasteiger partial charge is 0.317 e. The van der Waals surface area contributed by atoms with E-state index in [1.165, 1.54) is 24.3 Å². The molecule has 1 aliphatic rings. The van der Waals surface area contributed by atoms with Gasteiger partial charge >= 0.3 is 6.18 Å². The number of piperidine rings is 1. The molecule has 1 saturated heterocycles. The summed E-state index contributed by atoms with van der Waals surface area (Å²) in [6.07, 6.45) is -3.86. The maximum atomic E-state index is 13.5. The van der Waals surface area contributed by atoms with Gasteiger partial charge in [0.25, 0.3) is 0 Å². The Morgan fingerprint density at radius 3 is 2.10 bits per heavy atom. The fourth-order valence-corrected chi connectivity index (χ4v) is 6.69. The Kier molecular flexibility index (Phi) is 6.07. The largest absolute Gasteiger partial charge is 0.417 e. The number of benzene rings is 2. The van der Waals surface area contributed by atoms with Gasteiger partial charge in [-0.05, 0) is 62.2 Å². The SMILES string of the molecule is O=S(=O)(CC1CCNCC1)c1cc(S(=O)(=O)c2ccccc2)ccc1C(F)(F)F. The van der Waals surface area contributed by atoms with Crippen LogP contribution in [0.3, 0.4) is 0 Å². The number of alkyl halides is 3. The molecule has 0 amide bonds. The van der Waals surface area contributed by atoms with E-state index in [-0.39, 0.29) is 10.8 Å². The summed E-state index contributed by atoms with van der Waals surface area (Å²) in [5, 5.41) is 3.07. The highest BCUT2D eigenvalue weighted by Gasteiger charge is 2.39. The summed E-state index contributed by atoms with van der Waals surface area (Å²) in [7, 11) is -8.51. The summed E-state index contributed by atoms with van der Waals surface area (Å²) >= 11 is 0. The Hall–Kier alpha value is -1.91. The molecule has 0 atom stereocenters. The third-order valence-corrected chi connectivity index (χ3v) is 8.56. The Labute approximate surface area is 167 Å². The van der Waals surface area contributed by atoms with Crippen LogP contribution in [0.15, 0.2) is 63.2 Å². The topological polar surface area (TPSA) is 80.3 Å². The molecular formula is C19H20F3NO4S2. The first-order chi connectivity index (χ1) is 13.5. The molecule has 0 unspecified atom stereocenters. The van der Waals surface area contributed by atoms with Gasteiger partial charge in [-0.25, -0.2) is 16.8 Å². The molecule has 3 rings (SSSR count). The molecular weight excluding hydrogens is 427 g/mol. The summed E-state index contributed by atoms with van der Waals surface area (Å²) in [6.45, 7) is 1.18. The van der Waals surface area contributed by atoms with Crippen molar-refractivity contribution in [1.82, 2.24) is 5.32 Å².